The Morgan fingerprint density at radius 2 is 2.25 bits per heavy atom. The maximum atomic E-state index is 12.7. The molecule has 0 unspecified atom stereocenters. The number of thiazole rings is 1. The van der Waals surface area contributed by atoms with Crippen LogP contribution in [0.3, 0.4) is 0 Å². The number of pyridine rings is 1. The van der Waals surface area contributed by atoms with Crippen LogP contribution < -0.4 is 0 Å². The van der Waals surface area contributed by atoms with Gasteiger partial charge in [0.2, 0.25) is 5.01 Å². The normalized spacial score (nSPS) is 10.4. The van der Waals surface area contributed by atoms with Gasteiger partial charge in [-0.2, -0.15) is 0 Å². The Morgan fingerprint density at radius 1 is 1.50 bits per heavy atom. The van der Waals surface area contributed by atoms with Crippen LogP contribution in [0.2, 0.25) is 0 Å². The van der Waals surface area contributed by atoms with Gasteiger partial charge in [-0.05, 0) is 19.1 Å². The Morgan fingerprint density at radius 3 is 2.75 bits per heavy atom. The maximum Gasteiger partial charge on any atom is 0.365 e. The molecule has 6 heteroatoms. The van der Waals surface area contributed by atoms with E-state index < -0.39 is 11.8 Å². The van der Waals surface area contributed by atoms with Gasteiger partial charge in [-0.25, -0.2) is 14.2 Å². The molecule has 82 valence electrons. The van der Waals surface area contributed by atoms with Crippen LogP contribution in [0, 0.1) is 12.7 Å². The molecule has 0 saturated heterocycles. The van der Waals surface area contributed by atoms with Gasteiger partial charge in [-0.1, -0.05) is 0 Å². The number of rotatable bonds is 2. The summed E-state index contributed by atoms with van der Waals surface area (Å²) in [6.45, 7) is 1.75. The summed E-state index contributed by atoms with van der Waals surface area (Å²) in [5, 5.41) is 8.79. The second-order valence-electron chi connectivity index (χ2n) is 3.09. The third-order valence-electron chi connectivity index (χ3n) is 1.95. The van der Waals surface area contributed by atoms with Crippen molar-refractivity contribution in [1.82, 2.24) is 9.97 Å². The fourth-order valence-corrected chi connectivity index (χ4v) is 2.00. The van der Waals surface area contributed by atoms with E-state index in [9.17, 15) is 9.18 Å². The highest BCUT2D eigenvalue weighted by atomic mass is 32.1. The molecule has 1 N–H and O–H groups in total. The van der Waals surface area contributed by atoms with Gasteiger partial charge < -0.3 is 5.11 Å². The Bertz CT molecular complexity index is 536. The van der Waals surface area contributed by atoms with Gasteiger partial charge in [-0.3, -0.25) is 4.98 Å². The predicted octanol–water partition coefficient (Wildman–Crippen LogP) is 2.35. The smallest absolute Gasteiger partial charge is 0.365 e. The molecule has 2 aromatic rings. The Kier molecular flexibility index (Phi) is 2.66. The summed E-state index contributed by atoms with van der Waals surface area (Å²) in [6, 6.07) is 2.74. The molecular weight excluding hydrogens is 231 g/mol. The second-order valence-corrected chi connectivity index (χ2v) is 4.29. The fraction of sp³-hybridized carbons (Fsp3) is 0.100. The van der Waals surface area contributed by atoms with Crippen molar-refractivity contribution in [2.24, 2.45) is 0 Å². The zero-order valence-corrected chi connectivity index (χ0v) is 9.08. The second kappa shape index (κ2) is 3.97. The lowest BCUT2D eigenvalue weighted by Crippen LogP contribution is -1.94. The van der Waals surface area contributed by atoms with Crippen LogP contribution in [0.4, 0.5) is 4.39 Å². The van der Waals surface area contributed by atoms with Gasteiger partial charge in [0, 0.05) is 4.88 Å². The molecule has 0 fully saturated rings. The van der Waals surface area contributed by atoms with E-state index in [0.29, 0.717) is 11.4 Å². The van der Waals surface area contributed by atoms with Gasteiger partial charge in [0.15, 0.2) is 0 Å². The van der Waals surface area contributed by atoms with Crippen molar-refractivity contribution in [3.05, 3.63) is 34.0 Å². The topological polar surface area (TPSA) is 63.1 Å². The highest BCUT2D eigenvalue weighted by Crippen LogP contribution is 2.25. The van der Waals surface area contributed by atoms with Crippen molar-refractivity contribution in [2.75, 3.05) is 0 Å². The summed E-state index contributed by atoms with van der Waals surface area (Å²) in [6.07, 6.45) is 1.08. The van der Waals surface area contributed by atoms with Crippen molar-refractivity contribution in [2.45, 2.75) is 6.92 Å². The molecule has 0 radical (unpaired) electrons. The first-order valence-electron chi connectivity index (χ1n) is 4.40. The molecule has 0 saturated carbocycles. The number of carbonyl (C=O) groups is 1. The average molecular weight is 238 g/mol. The molecule has 0 aliphatic carbocycles. The van der Waals surface area contributed by atoms with Gasteiger partial charge >= 0.3 is 5.97 Å². The van der Waals surface area contributed by atoms with E-state index in [4.69, 9.17) is 5.11 Å². The first kappa shape index (κ1) is 10.7. The molecule has 4 nitrogen and oxygen atoms in total. The summed E-state index contributed by atoms with van der Waals surface area (Å²) < 4.78 is 12.7. The number of aryl methyl sites for hydroxylation is 1. The molecule has 0 aliphatic heterocycles. The van der Waals surface area contributed by atoms with E-state index in [1.165, 1.54) is 12.1 Å². The number of aromatic nitrogens is 2. The third kappa shape index (κ3) is 1.92. The molecule has 0 bridgehead atoms. The van der Waals surface area contributed by atoms with Crippen molar-refractivity contribution in [3.8, 4) is 11.4 Å². The lowest BCUT2D eigenvalue weighted by molar-refractivity contribution is 0.0696. The molecule has 0 aromatic carbocycles. The van der Waals surface area contributed by atoms with Crippen molar-refractivity contribution in [3.63, 3.8) is 0 Å². The van der Waals surface area contributed by atoms with Gasteiger partial charge in [0.05, 0.1) is 11.9 Å². The molecule has 2 rings (SSSR count). The van der Waals surface area contributed by atoms with Crippen LogP contribution in [0.25, 0.3) is 11.4 Å². The summed E-state index contributed by atoms with van der Waals surface area (Å²) in [4.78, 5) is 19.3. The SMILES string of the molecule is Cc1sc(C(=O)O)nc1-c1ccc(F)cn1. The standard InChI is InChI=1S/C10H7FN2O2S/c1-5-8(13-9(16-5)10(14)15)7-3-2-6(11)4-12-7/h2-4H,1H3,(H,14,15). The van der Waals surface area contributed by atoms with Crippen LogP contribution >= 0.6 is 11.3 Å². The molecule has 0 amide bonds. The number of nitrogens with zero attached hydrogens (tertiary/aromatic N) is 2. The summed E-state index contributed by atoms with van der Waals surface area (Å²) in [5.74, 6) is -1.50. The lowest BCUT2D eigenvalue weighted by Gasteiger charge is -1.96. The zero-order valence-electron chi connectivity index (χ0n) is 8.27. The average Bonchev–Trinajstić information content (AvgIpc) is 2.62. The quantitative estimate of drug-likeness (QED) is 0.872. The molecule has 2 aromatic heterocycles. The van der Waals surface area contributed by atoms with E-state index in [1.807, 2.05) is 0 Å². The van der Waals surface area contributed by atoms with Gasteiger partial charge in [0.25, 0.3) is 0 Å². The summed E-state index contributed by atoms with van der Waals surface area (Å²) in [7, 11) is 0. The highest BCUT2D eigenvalue weighted by molar-refractivity contribution is 7.13. The zero-order chi connectivity index (χ0) is 11.7. The number of carboxylic acid groups (broad SMARTS) is 1. The van der Waals surface area contributed by atoms with Crippen LogP contribution in [0.15, 0.2) is 18.3 Å². The Hall–Kier alpha value is -1.82. The molecule has 0 atom stereocenters. The Balaban J connectivity index is 2.47. The number of halogens is 1. The minimum Gasteiger partial charge on any atom is -0.476 e. The van der Waals surface area contributed by atoms with Crippen LogP contribution in [0.5, 0.6) is 0 Å². The van der Waals surface area contributed by atoms with E-state index >= 15 is 0 Å². The lowest BCUT2D eigenvalue weighted by atomic mass is 10.2. The minimum atomic E-state index is -1.07. The molecule has 2 heterocycles. The summed E-state index contributed by atoms with van der Waals surface area (Å²) in [5.41, 5.74) is 0.963. The van der Waals surface area contributed by atoms with Crippen molar-refractivity contribution < 1.29 is 14.3 Å². The largest absolute Gasteiger partial charge is 0.476 e. The van der Waals surface area contributed by atoms with Crippen LogP contribution in [-0.2, 0) is 0 Å². The first-order chi connectivity index (χ1) is 7.58. The summed E-state index contributed by atoms with van der Waals surface area (Å²) >= 11 is 1.08. The molecule has 16 heavy (non-hydrogen) atoms. The van der Waals surface area contributed by atoms with E-state index in [0.717, 1.165) is 22.4 Å². The van der Waals surface area contributed by atoms with Gasteiger partial charge in [-0.15, -0.1) is 11.3 Å². The van der Waals surface area contributed by atoms with E-state index in [2.05, 4.69) is 9.97 Å². The van der Waals surface area contributed by atoms with E-state index in [-0.39, 0.29) is 5.01 Å². The predicted molar refractivity (Wildman–Crippen MR) is 57.0 cm³/mol. The molecule has 0 aliphatic rings. The fourth-order valence-electron chi connectivity index (χ4n) is 1.24. The maximum absolute atomic E-state index is 12.7. The van der Waals surface area contributed by atoms with Crippen molar-refractivity contribution in [1.29, 1.82) is 0 Å². The first-order valence-corrected chi connectivity index (χ1v) is 5.22. The number of hydrogen-bond donors (Lipinski definition) is 1. The number of hydrogen-bond acceptors (Lipinski definition) is 4. The minimum absolute atomic E-state index is 0.0126. The number of aromatic carboxylic acids is 1. The highest BCUT2D eigenvalue weighted by Gasteiger charge is 2.15. The van der Waals surface area contributed by atoms with E-state index in [1.54, 1.807) is 6.92 Å². The third-order valence-corrected chi connectivity index (χ3v) is 2.91. The Labute approximate surface area is 94.4 Å². The van der Waals surface area contributed by atoms with Crippen molar-refractivity contribution >= 4 is 17.3 Å². The van der Waals surface area contributed by atoms with Crippen LogP contribution in [-0.4, -0.2) is 21.0 Å². The molecule has 0 spiro atoms. The number of carboxylic acids is 1. The van der Waals surface area contributed by atoms with Crippen LogP contribution in [0.1, 0.15) is 14.7 Å². The monoisotopic (exact) mass is 238 g/mol. The molecular formula is C10H7FN2O2S. The van der Waals surface area contributed by atoms with Gasteiger partial charge in [0.1, 0.15) is 11.5 Å².